The van der Waals surface area contributed by atoms with Gasteiger partial charge in [0.1, 0.15) is 11.6 Å². The van der Waals surface area contributed by atoms with Gasteiger partial charge in [0.2, 0.25) is 0 Å². The van der Waals surface area contributed by atoms with Crippen LogP contribution >= 0.6 is 0 Å². The van der Waals surface area contributed by atoms with E-state index in [-0.39, 0.29) is 5.82 Å². The molecule has 0 aliphatic heterocycles. The van der Waals surface area contributed by atoms with Crippen LogP contribution in [0, 0.1) is 5.82 Å². The number of hydrogen-bond donors (Lipinski definition) is 1. The van der Waals surface area contributed by atoms with E-state index in [1.165, 1.54) is 11.6 Å². The highest BCUT2D eigenvalue weighted by Gasteiger charge is 2.05. The van der Waals surface area contributed by atoms with Gasteiger partial charge in [-0.15, -0.1) is 0 Å². The van der Waals surface area contributed by atoms with Crippen LogP contribution < -0.4 is 10.1 Å². The Kier molecular flexibility index (Phi) is 5.76. The van der Waals surface area contributed by atoms with E-state index in [9.17, 15) is 4.39 Å². The Hall–Kier alpha value is -1.87. The molecule has 0 aliphatic rings. The summed E-state index contributed by atoms with van der Waals surface area (Å²) in [6.45, 7) is 2.92. The molecule has 0 amide bonds. The summed E-state index contributed by atoms with van der Waals surface area (Å²) in [5.41, 5.74) is 2.03. The lowest BCUT2D eigenvalue weighted by molar-refractivity contribution is 0.414. The zero-order valence-electron chi connectivity index (χ0n) is 12.6. The lowest BCUT2D eigenvalue weighted by atomic mass is 10.1. The second kappa shape index (κ2) is 7.79. The SMILES string of the molecule is COc1ccc(CC(C)NCCc2ccccc2F)cc1. The van der Waals surface area contributed by atoms with E-state index < -0.39 is 0 Å². The van der Waals surface area contributed by atoms with Gasteiger partial charge in [0, 0.05) is 6.04 Å². The van der Waals surface area contributed by atoms with Gasteiger partial charge >= 0.3 is 0 Å². The molecule has 0 spiro atoms. The maximum atomic E-state index is 13.5. The van der Waals surface area contributed by atoms with Crippen molar-refractivity contribution in [2.24, 2.45) is 0 Å². The zero-order chi connectivity index (χ0) is 15.1. The van der Waals surface area contributed by atoms with Crippen molar-refractivity contribution >= 4 is 0 Å². The Labute approximate surface area is 126 Å². The fourth-order valence-corrected chi connectivity index (χ4v) is 2.34. The zero-order valence-corrected chi connectivity index (χ0v) is 12.6. The number of ether oxygens (including phenoxy) is 1. The molecule has 1 unspecified atom stereocenters. The Morgan fingerprint density at radius 3 is 2.48 bits per heavy atom. The molecule has 0 saturated heterocycles. The highest BCUT2D eigenvalue weighted by atomic mass is 19.1. The van der Waals surface area contributed by atoms with Gasteiger partial charge in [-0.1, -0.05) is 30.3 Å². The predicted octanol–water partition coefficient (Wildman–Crippen LogP) is 3.60. The van der Waals surface area contributed by atoms with Crippen molar-refractivity contribution in [3.63, 3.8) is 0 Å². The third-order valence-electron chi connectivity index (χ3n) is 3.55. The van der Waals surface area contributed by atoms with Crippen molar-refractivity contribution in [2.45, 2.75) is 25.8 Å². The molecule has 2 rings (SSSR count). The fourth-order valence-electron chi connectivity index (χ4n) is 2.34. The summed E-state index contributed by atoms with van der Waals surface area (Å²) in [6, 6.07) is 15.4. The third kappa shape index (κ3) is 4.87. The minimum absolute atomic E-state index is 0.123. The van der Waals surface area contributed by atoms with E-state index in [4.69, 9.17) is 4.74 Å². The monoisotopic (exact) mass is 287 g/mol. The number of benzene rings is 2. The quantitative estimate of drug-likeness (QED) is 0.840. The van der Waals surface area contributed by atoms with E-state index >= 15 is 0 Å². The second-order valence-corrected chi connectivity index (χ2v) is 5.25. The van der Waals surface area contributed by atoms with Crippen LogP contribution in [0.4, 0.5) is 4.39 Å². The lowest BCUT2D eigenvalue weighted by Gasteiger charge is -2.14. The van der Waals surface area contributed by atoms with Crippen molar-refractivity contribution in [3.8, 4) is 5.75 Å². The maximum absolute atomic E-state index is 13.5. The molecule has 2 aromatic rings. The van der Waals surface area contributed by atoms with Crippen molar-refractivity contribution in [1.29, 1.82) is 0 Å². The number of nitrogens with one attached hydrogen (secondary N) is 1. The van der Waals surface area contributed by atoms with Gasteiger partial charge in [-0.2, -0.15) is 0 Å². The summed E-state index contributed by atoms with van der Waals surface area (Å²) in [5.74, 6) is 0.751. The third-order valence-corrected chi connectivity index (χ3v) is 3.55. The molecule has 1 N–H and O–H groups in total. The van der Waals surface area contributed by atoms with E-state index in [0.29, 0.717) is 12.5 Å². The largest absolute Gasteiger partial charge is 0.497 e. The average molecular weight is 287 g/mol. The first-order valence-electron chi connectivity index (χ1n) is 7.29. The normalized spacial score (nSPS) is 12.1. The minimum Gasteiger partial charge on any atom is -0.497 e. The molecule has 0 saturated carbocycles. The first-order chi connectivity index (χ1) is 10.2. The van der Waals surface area contributed by atoms with Crippen LogP contribution in [0.1, 0.15) is 18.1 Å². The Bertz CT molecular complexity index is 553. The summed E-state index contributed by atoms with van der Waals surface area (Å²) in [6.07, 6.45) is 1.65. The van der Waals surface area contributed by atoms with Gasteiger partial charge in [0.15, 0.2) is 0 Å². The van der Waals surface area contributed by atoms with E-state index in [1.807, 2.05) is 24.3 Å². The van der Waals surface area contributed by atoms with Gasteiger partial charge in [-0.3, -0.25) is 0 Å². The van der Waals surface area contributed by atoms with Crippen molar-refractivity contribution in [3.05, 3.63) is 65.5 Å². The molecule has 0 aliphatic carbocycles. The summed E-state index contributed by atoms with van der Waals surface area (Å²) in [7, 11) is 1.67. The molecule has 1 atom stereocenters. The molecule has 0 bridgehead atoms. The number of rotatable bonds is 7. The predicted molar refractivity (Wildman–Crippen MR) is 84.3 cm³/mol. The molecule has 2 nitrogen and oxygen atoms in total. The van der Waals surface area contributed by atoms with E-state index in [1.54, 1.807) is 13.2 Å². The molecule has 0 radical (unpaired) electrons. The standard InChI is InChI=1S/C18H22FNO/c1-14(13-15-7-9-17(21-2)10-8-15)20-12-11-16-5-3-4-6-18(16)19/h3-10,14,20H,11-13H2,1-2H3. The highest BCUT2D eigenvalue weighted by molar-refractivity contribution is 5.27. The summed E-state index contributed by atoms with van der Waals surface area (Å²) in [5, 5.41) is 3.44. The van der Waals surface area contributed by atoms with Crippen LogP contribution in [0.25, 0.3) is 0 Å². The van der Waals surface area contributed by atoms with Gasteiger partial charge in [0.25, 0.3) is 0 Å². The Morgan fingerprint density at radius 2 is 1.81 bits per heavy atom. The van der Waals surface area contributed by atoms with E-state index in [0.717, 1.165) is 24.3 Å². The average Bonchev–Trinajstić information content (AvgIpc) is 2.50. The van der Waals surface area contributed by atoms with Crippen LogP contribution in [0.15, 0.2) is 48.5 Å². The molecule has 0 fully saturated rings. The van der Waals surface area contributed by atoms with Crippen LogP contribution in [0.2, 0.25) is 0 Å². The molecule has 0 heterocycles. The lowest BCUT2D eigenvalue weighted by Crippen LogP contribution is -2.30. The molecule has 0 aromatic heterocycles. The summed E-state index contributed by atoms with van der Waals surface area (Å²) in [4.78, 5) is 0. The summed E-state index contributed by atoms with van der Waals surface area (Å²) >= 11 is 0. The van der Waals surface area contributed by atoms with Gasteiger partial charge < -0.3 is 10.1 Å². The molecule has 3 heteroatoms. The number of methoxy groups -OCH3 is 1. The van der Waals surface area contributed by atoms with Crippen LogP contribution in [0.5, 0.6) is 5.75 Å². The molecule has 21 heavy (non-hydrogen) atoms. The molecular weight excluding hydrogens is 265 g/mol. The summed E-state index contributed by atoms with van der Waals surface area (Å²) < 4.78 is 18.6. The van der Waals surface area contributed by atoms with Crippen molar-refractivity contribution in [2.75, 3.05) is 13.7 Å². The maximum Gasteiger partial charge on any atom is 0.126 e. The van der Waals surface area contributed by atoms with E-state index in [2.05, 4.69) is 24.4 Å². The Morgan fingerprint density at radius 1 is 1.10 bits per heavy atom. The van der Waals surface area contributed by atoms with Crippen molar-refractivity contribution < 1.29 is 9.13 Å². The topological polar surface area (TPSA) is 21.3 Å². The smallest absolute Gasteiger partial charge is 0.126 e. The van der Waals surface area contributed by atoms with Gasteiger partial charge in [0.05, 0.1) is 7.11 Å². The van der Waals surface area contributed by atoms with Crippen LogP contribution in [-0.2, 0) is 12.8 Å². The second-order valence-electron chi connectivity index (χ2n) is 5.25. The fraction of sp³-hybridized carbons (Fsp3) is 0.333. The van der Waals surface area contributed by atoms with Crippen LogP contribution in [0.3, 0.4) is 0 Å². The number of halogens is 1. The first-order valence-corrected chi connectivity index (χ1v) is 7.29. The first kappa shape index (κ1) is 15.5. The molecule has 2 aromatic carbocycles. The van der Waals surface area contributed by atoms with Crippen molar-refractivity contribution in [1.82, 2.24) is 5.32 Å². The minimum atomic E-state index is -0.123. The van der Waals surface area contributed by atoms with Gasteiger partial charge in [-0.05, 0) is 55.6 Å². The van der Waals surface area contributed by atoms with Gasteiger partial charge in [-0.25, -0.2) is 4.39 Å². The Balaban J connectivity index is 1.76. The molecular formula is C18H22FNO. The molecule has 112 valence electrons. The van der Waals surface area contributed by atoms with Crippen LogP contribution in [-0.4, -0.2) is 19.7 Å². The highest BCUT2D eigenvalue weighted by Crippen LogP contribution is 2.12. The number of hydrogen-bond acceptors (Lipinski definition) is 2.